The Bertz CT molecular complexity index is 1920. The van der Waals surface area contributed by atoms with Gasteiger partial charge in [-0.1, -0.05) is 72.8 Å². The lowest BCUT2D eigenvalue weighted by Gasteiger charge is -2.12. The first-order valence-corrected chi connectivity index (χ1v) is 12.6. The topological polar surface area (TPSA) is 46.0 Å². The van der Waals surface area contributed by atoms with Crippen molar-refractivity contribution >= 4 is 43.1 Å². The van der Waals surface area contributed by atoms with E-state index in [0.717, 1.165) is 53.9 Å². The van der Waals surface area contributed by atoms with E-state index in [1.54, 1.807) is 17.4 Å². The van der Waals surface area contributed by atoms with Crippen molar-refractivity contribution in [3.05, 3.63) is 115 Å². The molecule has 0 atom stereocenters. The zero-order valence-electron chi connectivity index (χ0n) is 19.2. The number of rotatable bonds is 3. The number of para-hydroxylation sites is 2. The Balaban J connectivity index is 1.46. The van der Waals surface area contributed by atoms with Gasteiger partial charge in [-0.15, -0.1) is 11.3 Å². The molecule has 0 saturated carbocycles. The van der Waals surface area contributed by atoms with Crippen LogP contribution in [0.1, 0.15) is 0 Å². The predicted octanol–water partition coefficient (Wildman–Crippen LogP) is 8.70. The Labute approximate surface area is 212 Å². The van der Waals surface area contributed by atoms with Crippen molar-refractivity contribution in [3.8, 4) is 38.7 Å². The van der Waals surface area contributed by atoms with Crippen LogP contribution in [-0.2, 0) is 0 Å². The molecule has 1 N–H and O–H groups in total. The first-order valence-electron chi connectivity index (χ1n) is 11.8. The zero-order valence-corrected chi connectivity index (χ0v) is 20.0. The molecule has 0 amide bonds. The van der Waals surface area contributed by atoms with Gasteiger partial charge >= 0.3 is 0 Å². The molecule has 0 spiro atoms. The minimum absolute atomic E-state index is 0.244. The molecule has 0 unspecified atom stereocenters. The summed E-state index contributed by atoms with van der Waals surface area (Å²) < 4.78 is 1.09. The molecule has 0 aliphatic carbocycles. The number of fused-ring (bicyclic) bond motifs is 3. The fraction of sp³-hybridized carbons (Fsp3) is 0. The first kappa shape index (κ1) is 20.8. The fourth-order valence-corrected chi connectivity index (χ4v) is 5.89. The van der Waals surface area contributed by atoms with Crippen LogP contribution in [0, 0.1) is 0 Å². The lowest BCUT2D eigenvalue weighted by atomic mass is 9.94. The Morgan fingerprint density at radius 1 is 0.611 bits per heavy atom. The van der Waals surface area contributed by atoms with Crippen molar-refractivity contribution in [3.63, 3.8) is 0 Å². The van der Waals surface area contributed by atoms with E-state index >= 15 is 0 Å². The molecule has 0 radical (unpaired) electrons. The van der Waals surface area contributed by atoms with Crippen molar-refractivity contribution < 1.29 is 5.11 Å². The van der Waals surface area contributed by atoms with E-state index in [2.05, 4.69) is 78.9 Å². The number of hydrogen-bond donors (Lipinski definition) is 1. The van der Waals surface area contributed by atoms with Crippen molar-refractivity contribution in [1.29, 1.82) is 0 Å². The summed E-state index contributed by atoms with van der Waals surface area (Å²) in [5.41, 5.74) is 5.91. The highest BCUT2D eigenvalue weighted by Gasteiger charge is 2.15. The van der Waals surface area contributed by atoms with Gasteiger partial charge in [-0.3, -0.25) is 4.98 Å². The maximum absolute atomic E-state index is 10.4. The van der Waals surface area contributed by atoms with Gasteiger partial charge < -0.3 is 5.11 Å². The van der Waals surface area contributed by atoms with Crippen LogP contribution in [0.5, 0.6) is 5.75 Å². The molecule has 5 aromatic carbocycles. The van der Waals surface area contributed by atoms with Crippen LogP contribution in [0.15, 0.2) is 115 Å². The molecule has 7 rings (SSSR count). The highest BCUT2D eigenvalue weighted by Crippen LogP contribution is 2.40. The van der Waals surface area contributed by atoms with Crippen LogP contribution in [0.3, 0.4) is 0 Å². The van der Waals surface area contributed by atoms with Gasteiger partial charge in [0, 0.05) is 22.7 Å². The number of phenols is 1. The predicted molar refractivity (Wildman–Crippen MR) is 150 cm³/mol. The third-order valence-corrected chi connectivity index (χ3v) is 7.69. The third-order valence-electron chi connectivity index (χ3n) is 6.63. The summed E-state index contributed by atoms with van der Waals surface area (Å²) in [6, 6.07) is 37.1. The van der Waals surface area contributed by atoms with E-state index in [1.807, 2.05) is 30.5 Å². The number of aromatic nitrogens is 2. The van der Waals surface area contributed by atoms with Crippen molar-refractivity contribution in [2.75, 3.05) is 0 Å². The van der Waals surface area contributed by atoms with E-state index < -0.39 is 0 Å². The highest BCUT2D eigenvalue weighted by molar-refractivity contribution is 7.21. The minimum Gasteiger partial charge on any atom is -0.507 e. The van der Waals surface area contributed by atoms with E-state index in [9.17, 15) is 5.11 Å². The summed E-state index contributed by atoms with van der Waals surface area (Å²) in [6.07, 6.45) is 1.95. The average Bonchev–Trinajstić information content (AvgIpc) is 3.37. The molecule has 0 bridgehead atoms. The van der Waals surface area contributed by atoms with Crippen molar-refractivity contribution in [2.24, 2.45) is 0 Å². The minimum atomic E-state index is 0.244. The molecule has 7 aromatic rings. The number of thiazole rings is 1. The van der Waals surface area contributed by atoms with Crippen LogP contribution >= 0.6 is 11.3 Å². The molecule has 36 heavy (non-hydrogen) atoms. The number of pyridine rings is 1. The molecule has 4 heteroatoms. The summed E-state index contributed by atoms with van der Waals surface area (Å²) in [4.78, 5) is 9.82. The second-order valence-electron chi connectivity index (χ2n) is 8.85. The largest absolute Gasteiger partial charge is 0.507 e. The maximum Gasteiger partial charge on any atom is 0.128 e. The fourth-order valence-electron chi connectivity index (χ4n) is 4.86. The highest BCUT2D eigenvalue weighted by atomic mass is 32.1. The molecule has 0 saturated heterocycles. The van der Waals surface area contributed by atoms with Gasteiger partial charge in [-0.25, -0.2) is 4.98 Å². The Morgan fingerprint density at radius 2 is 1.36 bits per heavy atom. The summed E-state index contributed by atoms with van der Waals surface area (Å²) in [7, 11) is 0. The molecule has 2 heterocycles. The van der Waals surface area contributed by atoms with Crippen LogP contribution in [0.2, 0.25) is 0 Å². The number of nitrogens with zero attached hydrogens (tertiary/aromatic N) is 2. The maximum atomic E-state index is 10.4. The van der Waals surface area contributed by atoms with Gasteiger partial charge in [0.15, 0.2) is 0 Å². The monoisotopic (exact) mass is 480 g/mol. The number of aromatic hydroxyl groups is 1. The molecular weight excluding hydrogens is 460 g/mol. The van der Waals surface area contributed by atoms with E-state index in [4.69, 9.17) is 9.97 Å². The van der Waals surface area contributed by atoms with Gasteiger partial charge in [0.25, 0.3) is 0 Å². The molecular formula is C32H20N2OS. The van der Waals surface area contributed by atoms with E-state index in [0.29, 0.717) is 0 Å². The molecule has 0 aliphatic heterocycles. The van der Waals surface area contributed by atoms with Crippen molar-refractivity contribution in [2.45, 2.75) is 0 Å². The van der Waals surface area contributed by atoms with Gasteiger partial charge in [0.05, 0.1) is 21.5 Å². The first-order chi connectivity index (χ1) is 17.7. The Hall–Kier alpha value is -4.54. The third kappa shape index (κ3) is 3.43. The van der Waals surface area contributed by atoms with E-state index in [1.165, 1.54) is 10.8 Å². The molecule has 0 fully saturated rings. The molecule has 170 valence electrons. The second-order valence-corrected chi connectivity index (χ2v) is 9.88. The number of phenolic OH excluding ortho intramolecular Hbond substituents is 1. The summed E-state index contributed by atoms with van der Waals surface area (Å²) in [5.74, 6) is 0.244. The quantitative estimate of drug-likeness (QED) is 0.275. The zero-order chi connectivity index (χ0) is 24.1. The van der Waals surface area contributed by atoms with Gasteiger partial charge in [-0.05, 0) is 58.1 Å². The normalized spacial score (nSPS) is 11.4. The molecule has 3 nitrogen and oxygen atoms in total. The van der Waals surface area contributed by atoms with Crippen LogP contribution in [-0.4, -0.2) is 15.1 Å². The molecule has 0 aliphatic rings. The van der Waals surface area contributed by atoms with Gasteiger partial charge in [0.2, 0.25) is 0 Å². The summed E-state index contributed by atoms with van der Waals surface area (Å²) >= 11 is 1.60. The SMILES string of the molecule is Oc1ccccc1-c1nc2c(-c3cc(-c4cc5ccccc5cn4)c4ccccc4c3)cccc2s1. The van der Waals surface area contributed by atoms with Gasteiger partial charge in [0.1, 0.15) is 10.8 Å². The van der Waals surface area contributed by atoms with Crippen molar-refractivity contribution in [1.82, 2.24) is 9.97 Å². The van der Waals surface area contributed by atoms with Crippen LogP contribution in [0.25, 0.3) is 64.7 Å². The standard InChI is InChI=1S/C32H20N2OS/c35-29-14-6-5-12-26(29)32-34-31-25(13-7-15-30(31)36-32)23-16-21-9-3-4-11-24(21)27(17-23)28-18-20-8-1-2-10-22(20)19-33-28/h1-19,35H. The smallest absolute Gasteiger partial charge is 0.128 e. The molecule has 2 aromatic heterocycles. The van der Waals surface area contributed by atoms with E-state index in [-0.39, 0.29) is 5.75 Å². The Morgan fingerprint density at radius 3 is 2.25 bits per heavy atom. The van der Waals surface area contributed by atoms with Gasteiger partial charge in [-0.2, -0.15) is 0 Å². The number of benzene rings is 5. The summed E-state index contributed by atoms with van der Waals surface area (Å²) in [6.45, 7) is 0. The number of hydrogen-bond acceptors (Lipinski definition) is 4. The van der Waals surface area contributed by atoms with Crippen LogP contribution in [0.4, 0.5) is 0 Å². The second kappa shape index (κ2) is 8.29. The average molecular weight is 481 g/mol. The van der Waals surface area contributed by atoms with Crippen LogP contribution < -0.4 is 0 Å². The lowest BCUT2D eigenvalue weighted by Crippen LogP contribution is -1.89. The lowest BCUT2D eigenvalue weighted by molar-refractivity contribution is 0.477. The summed E-state index contributed by atoms with van der Waals surface area (Å²) in [5, 5.41) is 15.8. The Kier molecular flexibility index (Phi) is 4.79.